The normalized spacial score (nSPS) is 19.9. The summed E-state index contributed by atoms with van der Waals surface area (Å²) in [5.74, 6) is 0.666. The van der Waals surface area contributed by atoms with E-state index < -0.39 is 0 Å². The highest BCUT2D eigenvalue weighted by Crippen LogP contribution is 2.20. The van der Waals surface area contributed by atoms with E-state index in [0.29, 0.717) is 12.3 Å². The first-order valence-corrected chi connectivity index (χ1v) is 7.13. The van der Waals surface area contributed by atoms with Gasteiger partial charge in [-0.2, -0.15) is 0 Å². The molecule has 2 unspecified atom stereocenters. The maximum atomic E-state index is 12.1. The topological polar surface area (TPSA) is 46.3 Å². The van der Waals surface area contributed by atoms with Crippen molar-refractivity contribution < 1.29 is 4.79 Å². The number of rotatable bonds is 3. The van der Waals surface area contributed by atoms with Gasteiger partial charge >= 0.3 is 0 Å². The van der Waals surface area contributed by atoms with Crippen LogP contribution in [0.4, 0.5) is 0 Å². The zero-order valence-corrected chi connectivity index (χ0v) is 13.4. The van der Waals surface area contributed by atoms with E-state index in [9.17, 15) is 4.79 Å². The molecule has 1 aliphatic rings. The molecule has 106 valence electrons. The summed E-state index contributed by atoms with van der Waals surface area (Å²) in [5, 5.41) is 0. The van der Waals surface area contributed by atoms with Gasteiger partial charge in [0.15, 0.2) is 0 Å². The maximum absolute atomic E-state index is 12.1. The molecule has 2 rings (SSSR count). The Morgan fingerprint density at radius 2 is 2.11 bits per heavy atom. The summed E-state index contributed by atoms with van der Waals surface area (Å²) < 4.78 is 1.04. The van der Waals surface area contributed by atoms with Gasteiger partial charge in [0.25, 0.3) is 0 Å². The molecule has 0 aliphatic carbocycles. The second-order valence-corrected chi connectivity index (χ2v) is 5.97. The minimum absolute atomic E-state index is 0. The molecule has 0 aromatic heterocycles. The number of halogens is 2. The number of carbonyl (C=O) groups is 1. The molecule has 0 saturated carbocycles. The van der Waals surface area contributed by atoms with Gasteiger partial charge in [-0.3, -0.25) is 4.79 Å². The monoisotopic (exact) mass is 346 g/mol. The number of nitrogens with zero attached hydrogens (tertiary/aromatic N) is 1. The highest BCUT2D eigenvalue weighted by molar-refractivity contribution is 9.10. The van der Waals surface area contributed by atoms with Crippen LogP contribution in [0.15, 0.2) is 28.7 Å². The van der Waals surface area contributed by atoms with Crippen LogP contribution in [0, 0.1) is 5.92 Å². The van der Waals surface area contributed by atoms with Crippen molar-refractivity contribution in [2.45, 2.75) is 25.8 Å². The highest BCUT2D eigenvalue weighted by atomic mass is 79.9. The van der Waals surface area contributed by atoms with Crippen LogP contribution < -0.4 is 5.73 Å². The quantitative estimate of drug-likeness (QED) is 0.913. The number of hydrogen-bond acceptors (Lipinski definition) is 2. The predicted octanol–water partition coefficient (Wildman–Crippen LogP) is 2.61. The number of nitrogens with two attached hydrogens (primary N) is 1. The van der Waals surface area contributed by atoms with Crippen molar-refractivity contribution in [2.75, 3.05) is 13.1 Å². The molecule has 3 nitrogen and oxygen atoms in total. The second kappa shape index (κ2) is 7.27. The third-order valence-electron chi connectivity index (χ3n) is 3.59. The Kier molecular flexibility index (Phi) is 6.30. The zero-order valence-electron chi connectivity index (χ0n) is 11.0. The maximum Gasteiger partial charge on any atom is 0.226 e. The van der Waals surface area contributed by atoms with E-state index in [1.54, 1.807) is 0 Å². The fraction of sp³-hybridized carbons (Fsp3) is 0.500. The molecule has 2 atom stereocenters. The first-order valence-electron chi connectivity index (χ1n) is 6.34. The minimum Gasteiger partial charge on any atom is -0.342 e. The molecule has 0 bridgehead atoms. The fourth-order valence-electron chi connectivity index (χ4n) is 2.33. The smallest absolute Gasteiger partial charge is 0.226 e. The Bertz CT molecular complexity index is 422. The molecule has 0 spiro atoms. The third-order valence-corrected chi connectivity index (χ3v) is 4.12. The van der Waals surface area contributed by atoms with E-state index in [2.05, 4.69) is 15.9 Å². The summed E-state index contributed by atoms with van der Waals surface area (Å²) in [5.41, 5.74) is 6.95. The van der Waals surface area contributed by atoms with Gasteiger partial charge in [-0.1, -0.05) is 28.1 Å². The lowest BCUT2D eigenvalue weighted by molar-refractivity contribution is -0.129. The van der Waals surface area contributed by atoms with Crippen molar-refractivity contribution in [3.8, 4) is 0 Å². The van der Waals surface area contributed by atoms with Crippen molar-refractivity contribution in [1.82, 2.24) is 4.90 Å². The molecule has 1 aromatic carbocycles. The first-order chi connectivity index (χ1) is 8.56. The summed E-state index contributed by atoms with van der Waals surface area (Å²) in [6, 6.07) is 8.09. The molecular weight excluding hydrogens is 328 g/mol. The largest absolute Gasteiger partial charge is 0.342 e. The average molecular weight is 348 g/mol. The SMILES string of the molecule is CC(N)C1CCN(C(=O)Cc2ccc(Br)cc2)C1.Cl. The van der Waals surface area contributed by atoms with Gasteiger partial charge in [0.05, 0.1) is 6.42 Å². The van der Waals surface area contributed by atoms with Crippen LogP contribution in [0.3, 0.4) is 0 Å². The van der Waals surface area contributed by atoms with Crippen LogP contribution in [0.25, 0.3) is 0 Å². The van der Waals surface area contributed by atoms with Crippen molar-refractivity contribution in [2.24, 2.45) is 11.7 Å². The number of hydrogen-bond donors (Lipinski definition) is 1. The Balaban J connectivity index is 0.00000180. The number of benzene rings is 1. The first kappa shape index (κ1) is 16.5. The van der Waals surface area contributed by atoms with Gasteiger partial charge in [0, 0.05) is 23.6 Å². The second-order valence-electron chi connectivity index (χ2n) is 5.05. The molecule has 1 fully saturated rings. The summed E-state index contributed by atoms with van der Waals surface area (Å²) in [4.78, 5) is 14.1. The lowest BCUT2D eigenvalue weighted by Crippen LogP contribution is -2.33. The van der Waals surface area contributed by atoms with E-state index >= 15 is 0 Å². The van der Waals surface area contributed by atoms with E-state index in [1.165, 1.54) is 0 Å². The van der Waals surface area contributed by atoms with Gasteiger partial charge < -0.3 is 10.6 Å². The molecule has 1 amide bonds. The standard InChI is InChI=1S/C14H19BrN2O.ClH/c1-10(16)12-6-7-17(9-12)14(18)8-11-2-4-13(15)5-3-11;/h2-5,10,12H,6-9,16H2,1H3;1H. The summed E-state index contributed by atoms with van der Waals surface area (Å²) in [6.45, 7) is 3.68. The molecule has 2 N–H and O–H groups in total. The molecular formula is C14H20BrClN2O. The summed E-state index contributed by atoms with van der Waals surface area (Å²) >= 11 is 3.39. The Morgan fingerprint density at radius 3 is 2.63 bits per heavy atom. The van der Waals surface area contributed by atoms with E-state index in [4.69, 9.17) is 5.73 Å². The van der Waals surface area contributed by atoms with Crippen LogP contribution in [0.5, 0.6) is 0 Å². The average Bonchev–Trinajstić information content (AvgIpc) is 2.81. The summed E-state index contributed by atoms with van der Waals surface area (Å²) in [6.07, 6.45) is 1.52. The van der Waals surface area contributed by atoms with Gasteiger partial charge in [-0.15, -0.1) is 12.4 Å². The third kappa shape index (κ3) is 4.48. The Hall–Kier alpha value is -0.580. The molecule has 1 aromatic rings. The molecule has 1 aliphatic heterocycles. The van der Waals surface area contributed by atoms with Crippen LogP contribution in [-0.2, 0) is 11.2 Å². The minimum atomic E-state index is 0. The highest BCUT2D eigenvalue weighted by Gasteiger charge is 2.28. The predicted molar refractivity (Wildman–Crippen MR) is 83.4 cm³/mol. The van der Waals surface area contributed by atoms with E-state index in [1.807, 2.05) is 36.1 Å². The van der Waals surface area contributed by atoms with Gasteiger partial charge in [0.1, 0.15) is 0 Å². The van der Waals surface area contributed by atoms with Gasteiger partial charge in [-0.05, 0) is 37.0 Å². The van der Waals surface area contributed by atoms with Gasteiger partial charge in [0.2, 0.25) is 5.91 Å². The van der Waals surface area contributed by atoms with Crippen molar-refractivity contribution in [3.05, 3.63) is 34.3 Å². The van der Waals surface area contributed by atoms with Crippen LogP contribution >= 0.6 is 28.3 Å². The Labute approximate surface area is 129 Å². The number of likely N-dealkylation sites (tertiary alicyclic amines) is 1. The molecule has 5 heteroatoms. The van der Waals surface area contributed by atoms with Gasteiger partial charge in [-0.25, -0.2) is 0 Å². The molecule has 1 saturated heterocycles. The van der Waals surface area contributed by atoms with Crippen LogP contribution in [-0.4, -0.2) is 29.9 Å². The van der Waals surface area contributed by atoms with Crippen LogP contribution in [0.1, 0.15) is 18.9 Å². The van der Waals surface area contributed by atoms with E-state index in [0.717, 1.165) is 29.5 Å². The van der Waals surface area contributed by atoms with Crippen molar-refractivity contribution >= 4 is 34.2 Å². The molecule has 1 heterocycles. The fourth-order valence-corrected chi connectivity index (χ4v) is 2.60. The van der Waals surface area contributed by atoms with Crippen molar-refractivity contribution in [1.29, 1.82) is 0 Å². The Morgan fingerprint density at radius 1 is 1.47 bits per heavy atom. The zero-order chi connectivity index (χ0) is 13.1. The summed E-state index contributed by atoms with van der Waals surface area (Å²) in [7, 11) is 0. The lowest BCUT2D eigenvalue weighted by atomic mass is 10.0. The molecule has 0 radical (unpaired) electrons. The van der Waals surface area contributed by atoms with Crippen molar-refractivity contribution in [3.63, 3.8) is 0 Å². The number of carbonyl (C=O) groups excluding carboxylic acids is 1. The lowest BCUT2D eigenvalue weighted by Gasteiger charge is -2.18. The van der Waals surface area contributed by atoms with Crippen LogP contribution in [0.2, 0.25) is 0 Å². The van der Waals surface area contributed by atoms with E-state index in [-0.39, 0.29) is 24.4 Å². The number of amides is 1. The molecule has 19 heavy (non-hydrogen) atoms.